The van der Waals surface area contributed by atoms with Crippen LogP contribution in [-0.4, -0.2) is 24.5 Å². The lowest BCUT2D eigenvalue weighted by molar-refractivity contribution is 0.236. The van der Waals surface area contributed by atoms with Crippen LogP contribution >= 0.6 is 0 Å². The first-order valence-electron chi connectivity index (χ1n) is 6.03. The van der Waals surface area contributed by atoms with Crippen molar-refractivity contribution < 1.29 is 0 Å². The fraction of sp³-hybridized carbons (Fsp3) is 0.846. The van der Waals surface area contributed by atoms with Crippen LogP contribution in [0.15, 0.2) is 12.2 Å². The van der Waals surface area contributed by atoms with E-state index in [0.29, 0.717) is 5.41 Å². The topological polar surface area (TPSA) is 3.24 Å². The van der Waals surface area contributed by atoms with Gasteiger partial charge in [-0.05, 0) is 45.7 Å². The van der Waals surface area contributed by atoms with E-state index in [1.807, 2.05) is 0 Å². The molecule has 1 saturated carbocycles. The number of hydrogen-bond donors (Lipinski definition) is 0. The lowest BCUT2D eigenvalue weighted by Crippen LogP contribution is -2.32. The van der Waals surface area contributed by atoms with E-state index < -0.39 is 0 Å². The quantitative estimate of drug-likeness (QED) is 0.562. The molecule has 1 aliphatic carbocycles. The molecule has 0 spiro atoms. The number of hydrogen-bond acceptors (Lipinski definition) is 1. The van der Waals surface area contributed by atoms with E-state index in [4.69, 9.17) is 0 Å². The van der Waals surface area contributed by atoms with Crippen molar-refractivity contribution in [1.29, 1.82) is 0 Å². The van der Waals surface area contributed by atoms with Crippen molar-refractivity contribution in [1.82, 2.24) is 4.90 Å². The maximum atomic E-state index is 4.14. The van der Waals surface area contributed by atoms with E-state index in [0.717, 1.165) is 0 Å². The van der Waals surface area contributed by atoms with Crippen LogP contribution < -0.4 is 0 Å². The van der Waals surface area contributed by atoms with E-state index in [9.17, 15) is 0 Å². The Morgan fingerprint density at radius 1 is 1.21 bits per heavy atom. The smallest absolute Gasteiger partial charge is 0.00752 e. The normalized spacial score (nSPS) is 18.6. The molecular formula is C13H25N. The van der Waals surface area contributed by atoms with Crippen LogP contribution in [0.2, 0.25) is 0 Å². The zero-order valence-corrected chi connectivity index (χ0v) is 10.1. The molecule has 82 valence electrons. The lowest BCUT2D eigenvalue weighted by Gasteiger charge is -2.27. The molecule has 0 amide bonds. The summed E-state index contributed by atoms with van der Waals surface area (Å²) in [6, 6.07) is 0. The van der Waals surface area contributed by atoms with Gasteiger partial charge in [-0.3, -0.25) is 0 Å². The van der Waals surface area contributed by atoms with Gasteiger partial charge in [0.2, 0.25) is 0 Å². The average molecular weight is 195 g/mol. The molecule has 1 nitrogen and oxygen atoms in total. The first kappa shape index (κ1) is 11.8. The minimum atomic E-state index is 0.504. The number of nitrogens with zero attached hydrogens (tertiary/aromatic N) is 1. The van der Waals surface area contributed by atoms with Crippen LogP contribution in [0.4, 0.5) is 0 Å². The zero-order valence-electron chi connectivity index (χ0n) is 10.1. The second-order valence-electron chi connectivity index (χ2n) is 4.84. The van der Waals surface area contributed by atoms with Gasteiger partial charge < -0.3 is 4.90 Å². The first-order chi connectivity index (χ1) is 6.64. The Labute approximate surface area is 89.2 Å². The van der Waals surface area contributed by atoms with Crippen LogP contribution in [0, 0.1) is 5.41 Å². The summed E-state index contributed by atoms with van der Waals surface area (Å²) in [4.78, 5) is 2.61. The van der Waals surface area contributed by atoms with Crippen LogP contribution in [0.3, 0.4) is 0 Å². The number of rotatable bonds is 7. The molecule has 14 heavy (non-hydrogen) atoms. The fourth-order valence-corrected chi connectivity index (χ4v) is 2.20. The highest BCUT2D eigenvalue weighted by Gasteiger charge is 2.44. The third-order valence-electron chi connectivity index (χ3n) is 3.36. The Hall–Kier alpha value is -0.300. The first-order valence-corrected chi connectivity index (χ1v) is 6.03. The van der Waals surface area contributed by atoms with Crippen molar-refractivity contribution in [2.45, 2.75) is 46.5 Å². The predicted molar refractivity (Wildman–Crippen MR) is 63.5 cm³/mol. The summed E-state index contributed by atoms with van der Waals surface area (Å²) in [7, 11) is 0. The summed E-state index contributed by atoms with van der Waals surface area (Å²) in [5.74, 6) is 0. The Bertz CT molecular complexity index is 185. The molecular weight excluding hydrogens is 170 g/mol. The second kappa shape index (κ2) is 4.97. The van der Waals surface area contributed by atoms with Crippen LogP contribution in [0.1, 0.15) is 46.5 Å². The van der Waals surface area contributed by atoms with Gasteiger partial charge in [-0.1, -0.05) is 26.0 Å². The summed E-state index contributed by atoms with van der Waals surface area (Å²) >= 11 is 0. The lowest BCUT2D eigenvalue weighted by atomic mass is 9.98. The largest absolute Gasteiger partial charge is 0.302 e. The maximum absolute atomic E-state index is 4.14. The molecule has 1 aliphatic rings. The monoisotopic (exact) mass is 195 g/mol. The van der Waals surface area contributed by atoms with Gasteiger partial charge in [0.15, 0.2) is 0 Å². The highest BCUT2D eigenvalue weighted by atomic mass is 15.1. The second-order valence-corrected chi connectivity index (χ2v) is 4.84. The van der Waals surface area contributed by atoms with E-state index in [2.05, 4.69) is 32.3 Å². The molecule has 0 radical (unpaired) electrons. The summed E-state index contributed by atoms with van der Waals surface area (Å²) in [6.07, 6.45) is 5.27. The van der Waals surface area contributed by atoms with Gasteiger partial charge in [0, 0.05) is 12.0 Å². The van der Waals surface area contributed by atoms with Gasteiger partial charge in [-0.25, -0.2) is 0 Å². The van der Waals surface area contributed by atoms with Gasteiger partial charge in [-0.15, -0.1) is 0 Å². The van der Waals surface area contributed by atoms with Gasteiger partial charge in [0.25, 0.3) is 0 Å². The van der Waals surface area contributed by atoms with Gasteiger partial charge in [0.1, 0.15) is 0 Å². The Morgan fingerprint density at radius 3 is 2.00 bits per heavy atom. The van der Waals surface area contributed by atoms with Crippen molar-refractivity contribution in [3.8, 4) is 0 Å². The maximum Gasteiger partial charge on any atom is 0.00752 e. The highest BCUT2D eigenvalue weighted by molar-refractivity contribution is 5.17. The van der Waals surface area contributed by atoms with E-state index in [1.165, 1.54) is 50.9 Å². The molecule has 0 N–H and O–H groups in total. The molecule has 0 aromatic rings. The van der Waals surface area contributed by atoms with E-state index in [-0.39, 0.29) is 0 Å². The van der Waals surface area contributed by atoms with Crippen LogP contribution in [-0.2, 0) is 0 Å². The Kier molecular flexibility index (Phi) is 4.18. The molecule has 1 heteroatoms. The third kappa shape index (κ3) is 2.84. The van der Waals surface area contributed by atoms with Gasteiger partial charge in [-0.2, -0.15) is 0 Å². The Balaban J connectivity index is 2.42. The van der Waals surface area contributed by atoms with Crippen molar-refractivity contribution in [3.63, 3.8) is 0 Å². The summed E-state index contributed by atoms with van der Waals surface area (Å²) in [6.45, 7) is 14.6. The molecule has 0 heterocycles. The molecule has 1 rings (SSSR count). The van der Waals surface area contributed by atoms with Crippen molar-refractivity contribution >= 4 is 0 Å². The van der Waals surface area contributed by atoms with Crippen molar-refractivity contribution in [3.05, 3.63) is 12.2 Å². The van der Waals surface area contributed by atoms with Crippen molar-refractivity contribution in [2.75, 3.05) is 19.6 Å². The molecule has 0 saturated heterocycles. The molecule has 1 fully saturated rings. The third-order valence-corrected chi connectivity index (χ3v) is 3.36. The standard InChI is InChI=1S/C13H25N/c1-5-9-14(10-6-2)11-13(7-8-13)12(3)4/h3,5-11H2,1-2,4H3. The fourth-order valence-electron chi connectivity index (χ4n) is 2.20. The molecule has 0 aromatic carbocycles. The molecule has 0 bridgehead atoms. The molecule has 0 aromatic heterocycles. The highest BCUT2D eigenvalue weighted by Crippen LogP contribution is 2.51. The Morgan fingerprint density at radius 2 is 1.71 bits per heavy atom. The van der Waals surface area contributed by atoms with Crippen LogP contribution in [0.25, 0.3) is 0 Å². The predicted octanol–water partition coefficient (Wildman–Crippen LogP) is 3.46. The molecule has 0 unspecified atom stereocenters. The van der Waals surface area contributed by atoms with Crippen LogP contribution in [0.5, 0.6) is 0 Å². The average Bonchev–Trinajstić information content (AvgIpc) is 2.86. The zero-order chi connectivity index (χ0) is 10.6. The SMILES string of the molecule is C=C(C)C1(CN(CCC)CCC)CC1. The van der Waals surface area contributed by atoms with Crippen molar-refractivity contribution in [2.24, 2.45) is 5.41 Å². The summed E-state index contributed by atoms with van der Waals surface area (Å²) in [5.41, 5.74) is 1.90. The van der Waals surface area contributed by atoms with E-state index in [1.54, 1.807) is 0 Å². The minimum absolute atomic E-state index is 0.504. The van der Waals surface area contributed by atoms with E-state index >= 15 is 0 Å². The molecule has 0 atom stereocenters. The minimum Gasteiger partial charge on any atom is -0.302 e. The van der Waals surface area contributed by atoms with Gasteiger partial charge >= 0.3 is 0 Å². The van der Waals surface area contributed by atoms with Gasteiger partial charge in [0.05, 0.1) is 0 Å². The summed E-state index contributed by atoms with van der Waals surface area (Å²) < 4.78 is 0. The summed E-state index contributed by atoms with van der Waals surface area (Å²) in [5, 5.41) is 0. The molecule has 0 aliphatic heterocycles.